The molecule has 0 spiro atoms. The van der Waals surface area contributed by atoms with Gasteiger partial charge in [0.1, 0.15) is 23.4 Å². The number of carbonyl (C=O) groups excluding carboxylic acids is 1. The molecule has 1 N–H and O–H groups in total. The van der Waals surface area contributed by atoms with Gasteiger partial charge in [-0.25, -0.2) is 14.2 Å². The van der Waals surface area contributed by atoms with Crippen molar-refractivity contribution in [3.63, 3.8) is 0 Å². The highest BCUT2D eigenvalue weighted by Gasteiger charge is 2.44. The largest absolute Gasteiger partial charge is 0.447 e. The lowest BCUT2D eigenvalue weighted by Gasteiger charge is -2.21. The van der Waals surface area contributed by atoms with Gasteiger partial charge in [0.05, 0.1) is 18.3 Å². The number of aromatic nitrogens is 4. The van der Waals surface area contributed by atoms with Crippen LogP contribution in [0.25, 0.3) is 11.1 Å². The molecule has 1 aliphatic carbocycles. The van der Waals surface area contributed by atoms with Crippen molar-refractivity contribution in [1.29, 1.82) is 0 Å². The van der Waals surface area contributed by atoms with E-state index >= 15 is 0 Å². The van der Waals surface area contributed by atoms with Crippen molar-refractivity contribution in [2.45, 2.75) is 31.8 Å². The second-order valence-electron chi connectivity index (χ2n) is 8.23. The number of cyclic esters (lactones) is 1. The molecule has 3 aromatic rings. The first-order valence-corrected chi connectivity index (χ1v) is 10.8. The van der Waals surface area contributed by atoms with Crippen LogP contribution in [0.5, 0.6) is 0 Å². The Labute approximate surface area is 189 Å². The second-order valence-corrected chi connectivity index (χ2v) is 8.62. The molecule has 0 unspecified atom stereocenters. The Balaban J connectivity index is 1.37. The molecule has 1 aromatic carbocycles. The Morgan fingerprint density at radius 3 is 2.75 bits per heavy atom. The summed E-state index contributed by atoms with van der Waals surface area (Å²) >= 11 is 6.22. The van der Waals surface area contributed by atoms with Gasteiger partial charge >= 0.3 is 6.09 Å². The van der Waals surface area contributed by atoms with Crippen LogP contribution in [0.4, 0.5) is 21.0 Å². The normalized spacial score (nSPS) is 19.2. The van der Waals surface area contributed by atoms with Crippen molar-refractivity contribution in [3.8, 4) is 11.1 Å². The van der Waals surface area contributed by atoms with Crippen molar-refractivity contribution in [1.82, 2.24) is 19.7 Å². The van der Waals surface area contributed by atoms with Crippen LogP contribution in [0.2, 0.25) is 5.15 Å². The molecule has 10 heteroatoms. The van der Waals surface area contributed by atoms with Crippen molar-refractivity contribution < 1.29 is 13.9 Å². The molecule has 2 aromatic heterocycles. The predicted octanol–water partition coefficient (Wildman–Crippen LogP) is 4.58. The number of hydrogen-bond donors (Lipinski definition) is 1. The highest BCUT2D eigenvalue weighted by molar-refractivity contribution is 6.29. The van der Waals surface area contributed by atoms with Gasteiger partial charge in [0.15, 0.2) is 0 Å². The van der Waals surface area contributed by atoms with Crippen LogP contribution in [0.15, 0.2) is 36.7 Å². The lowest BCUT2D eigenvalue weighted by atomic mass is 10.0. The van der Waals surface area contributed by atoms with Crippen LogP contribution in [-0.2, 0) is 11.8 Å². The third-order valence-corrected chi connectivity index (χ3v) is 6.04. The van der Waals surface area contributed by atoms with Crippen LogP contribution < -0.4 is 10.2 Å². The smallest absolute Gasteiger partial charge is 0.415 e. The molecule has 166 valence electrons. The fourth-order valence-electron chi connectivity index (χ4n) is 4.02. The van der Waals surface area contributed by atoms with Crippen LogP contribution in [0, 0.1) is 11.7 Å². The average Bonchev–Trinajstić information content (AvgIpc) is 3.38. The van der Waals surface area contributed by atoms with Gasteiger partial charge in [-0.1, -0.05) is 23.7 Å². The van der Waals surface area contributed by atoms with E-state index in [4.69, 9.17) is 16.3 Å². The number of carbonyl (C=O) groups is 1. The quantitative estimate of drug-likeness (QED) is 0.546. The van der Waals surface area contributed by atoms with Gasteiger partial charge in [-0.3, -0.25) is 9.58 Å². The van der Waals surface area contributed by atoms with E-state index in [1.165, 1.54) is 6.07 Å². The van der Waals surface area contributed by atoms with E-state index in [-0.39, 0.29) is 23.0 Å². The standard InChI is InChI=1S/C22H22ClFN6O2/c1-12(16-6-5-14(7-17(16)24)15-9-25-29(2)10-15)26-21-27-19(23)8-20(28-21)30-18(13-3-4-13)11-32-22(30)31/h5-10,12-13,18H,3-4,11H2,1-2H3,(H,26,27,28)/t12-,18+/m0/s1. The maximum atomic E-state index is 14.9. The molecule has 1 saturated heterocycles. The summed E-state index contributed by atoms with van der Waals surface area (Å²) in [6.45, 7) is 2.15. The lowest BCUT2D eigenvalue weighted by molar-refractivity contribution is 0.178. The topological polar surface area (TPSA) is 85.2 Å². The molecule has 2 aliphatic rings. The van der Waals surface area contributed by atoms with E-state index in [1.54, 1.807) is 27.9 Å². The molecule has 5 rings (SSSR count). The van der Waals surface area contributed by atoms with Gasteiger partial charge in [0.25, 0.3) is 0 Å². The number of amides is 1. The summed E-state index contributed by atoms with van der Waals surface area (Å²) in [5, 5.41) is 7.41. The van der Waals surface area contributed by atoms with E-state index in [9.17, 15) is 9.18 Å². The second kappa shape index (κ2) is 8.05. The summed E-state index contributed by atoms with van der Waals surface area (Å²) < 4.78 is 21.8. The molecule has 8 nitrogen and oxygen atoms in total. The summed E-state index contributed by atoms with van der Waals surface area (Å²) in [5.41, 5.74) is 2.04. The molecule has 32 heavy (non-hydrogen) atoms. The minimum absolute atomic E-state index is 0.0452. The number of aryl methyl sites for hydroxylation is 1. The van der Waals surface area contributed by atoms with Crippen LogP contribution in [-0.4, -0.2) is 38.5 Å². The molecule has 1 amide bonds. The molecule has 1 saturated carbocycles. The lowest BCUT2D eigenvalue weighted by Crippen LogP contribution is -2.35. The number of rotatable bonds is 6. The first-order chi connectivity index (χ1) is 15.4. The zero-order chi connectivity index (χ0) is 22.4. The number of anilines is 2. The Morgan fingerprint density at radius 1 is 1.25 bits per heavy atom. The summed E-state index contributed by atoms with van der Waals surface area (Å²) in [4.78, 5) is 22.5. The number of hydrogen-bond acceptors (Lipinski definition) is 6. The Kier molecular flexibility index (Phi) is 5.21. The van der Waals surface area contributed by atoms with Crippen LogP contribution >= 0.6 is 11.6 Å². The fraction of sp³-hybridized carbons (Fsp3) is 0.364. The van der Waals surface area contributed by atoms with Crippen molar-refractivity contribution in [2.24, 2.45) is 13.0 Å². The Hall–Kier alpha value is -3.20. The SMILES string of the molecule is C[C@H](Nc1nc(Cl)cc(N2C(=O)OC[C@@H]2C2CC2)n1)c1ccc(-c2cnn(C)c2)cc1F. The van der Waals surface area contributed by atoms with Gasteiger partial charge in [0, 0.05) is 30.4 Å². The predicted molar refractivity (Wildman–Crippen MR) is 118 cm³/mol. The minimum atomic E-state index is -0.437. The third-order valence-electron chi connectivity index (χ3n) is 5.85. The van der Waals surface area contributed by atoms with Gasteiger partial charge in [-0.2, -0.15) is 10.1 Å². The van der Waals surface area contributed by atoms with Crippen molar-refractivity contribution in [3.05, 3.63) is 53.2 Å². The molecular weight excluding hydrogens is 435 g/mol. The molecule has 1 aliphatic heterocycles. The average molecular weight is 457 g/mol. The van der Waals surface area contributed by atoms with Crippen LogP contribution in [0.3, 0.4) is 0 Å². The number of ether oxygens (including phenoxy) is 1. The zero-order valence-corrected chi connectivity index (χ0v) is 18.4. The minimum Gasteiger partial charge on any atom is -0.447 e. The van der Waals surface area contributed by atoms with E-state index in [0.717, 1.165) is 24.0 Å². The molecule has 3 heterocycles. The maximum Gasteiger partial charge on any atom is 0.415 e. The van der Waals surface area contributed by atoms with Crippen LogP contribution in [0.1, 0.15) is 31.4 Å². The Morgan fingerprint density at radius 2 is 2.06 bits per heavy atom. The van der Waals surface area contributed by atoms with Crippen molar-refractivity contribution >= 4 is 29.5 Å². The molecule has 2 fully saturated rings. The fourth-order valence-corrected chi connectivity index (χ4v) is 4.20. The first-order valence-electron chi connectivity index (χ1n) is 10.4. The maximum absolute atomic E-state index is 14.9. The van der Waals surface area contributed by atoms with E-state index in [1.807, 2.05) is 26.2 Å². The first kappa shape index (κ1) is 20.7. The summed E-state index contributed by atoms with van der Waals surface area (Å²) in [6, 6.07) is 6.11. The third kappa shape index (κ3) is 4.00. The number of halogens is 2. The van der Waals surface area contributed by atoms with E-state index in [2.05, 4.69) is 20.4 Å². The summed E-state index contributed by atoms with van der Waals surface area (Å²) in [7, 11) is 1.81. The number of nitrogens with zero attached hydrogens (tertiary/aromatic N) is 5. The van der Waals surface area contributed by atoms with Gasteiger partial charge in [-0.05, 0) is 37.3 Å². The summed E-state index contributed by atoms with van der Waals surface area (Å²) in [6.07, 6.45) is 5.21. The molecular formula is C22H22ClFN6O2. The van der Waals surface area contributed by atoms with E-state index in [0.29, 0.717) is 23.9 Å². The Bertz CT molecular complexity index is 1180. The highest BCUT2D eigenvalue weighted by Crippen LogP contribution is 2.40. The van der Waals surface area contributed by atoms with Crippen molar-refractivity contribution in [2.75, 3.05) is 16.8 Å². The van der Waals surface area contributed by atoms with Gasteiger partial charge < -0.3 is 10.1 Å². The summed E-state index contributed by atoms with van der Waals surface area (Å²) in [5.74, 6) is 0.653. The van der Waals surface area contributed by atoms with Gasteiger partial charge in [0.2, 0.25) is 5.95 Å². The monoisotopic (exact) mass is 456 g/mol. The molecule has 2 atom stereocenters. The molecule has 0 radical (unpaired) electrons. The zero-order valence-electron chi connectivity index (χ0n) is 17.6. The molecule has 0 bridgehead atoms. The number of nitrogens with one attached hydrogen (secondary N) is 1. The van der Waals surface area contributed by atoms with E-state index < -0.39 is 12.1 Å². The van der Waals surface area contributed by atoms with Gasteiger partial charge in [-0.15, -0.1) is 0 Å². The highest BCUT2D eigenvalue weighted by atomic mass is 35.5. The number of benzene rings is 1.